The largest absolute Gasteiger partial charge is 0.329 e. The minimum atomic E-state index is -0.252. The third-order valence-corrected chi connectivity index (χ3v) is 3.74. The van der Waals surface area contributed by atoms with Gasteiger partial charge < -0.3 is 10.6 Å². The van der Waals surface area contributed by atoms with Crippen LogP contribution in [0.2, 0.25) is 0 Å². The lowest BCUT2D eigenvalue weighted by molar-refractivity contribution is -0.125. The average Bonchev–Trinajstić information content (AvgIpc) is 2.72. The number of imide groups is 1. The normalized spacial score (nSPS) is 24.8. The van der Waals surface area contributed by atoms with Crippen LogP contribution < -0.4 is 10.6 Å². The number of carbonyl (C=O) groups is 2. The molecule has 0 spiro atoms. The summed E-state index contributed by atoms with van der Waals surface area (Å²) >= 11 is 0. The lowest BCUT2D eigenvalue weighted by Crippen LogP contribution is -2.49. The molecule has 2 aliphatic rings. The molecule has 1 unspecified atom stereocenters. The second-order valence-electron chi connectivity index (χ2n) is 4.83. The Bertz CT molecular complexity index is 299. The zero-order chi connectivity index (χ0) is 13.0. The standard InChI is InChI=1S/C12H22N4O2/c1-2-15(10-4-3-5-13-8-10)6-7-16-11(17)9-14-12(16)18/h10,13H,2-9H2,1H3,(H,14,18). The lowest BCUT2D eigenvalue weighted by atomic mass is 10.1. The van der Waals surface area contributed by atoms with Crippen LogP contribution >= 0.6 is 0 Å². The van der Waals surface area contributed by atoms with Crippen molar-refractivity contribution in [1.82, 2.24) is 20.4 Å². The van der Waals surface area contributed by atoms with E-state index in [4.69, 9.17) is 0 Å². The molecule has 2 saturated heterocycles. The zero-order valence-corrected chi connectivity index (χ0v) is 10.9. The van der Waals surface area contributed by atoms with Crippen LogP contribution in [0.1, 0.15) is 19.8 Å². The summed E-state index contributed by atoms with van der Waals surface area (Å²) in [6.07, 6.45) is 2.39. The topological polar surface area (TPSA) is 64.7 Å². The number of rotatable bonds is 5. The molecule has 0 aromatic heterocycles. The molecule has 0 saturated carbocycles. The van der Waals surface area contributed by atoms with Crippen molar-refractivity contribution < 1.29 is 9.59 Å². The van der Waals surface area contributed by atoms with Crippen molar-refractivity contribution in [3.63, 3.8) is 0 Å². The molecule has 0 bridgehead atoms. The van der Waals surface area contributed by atoms with E-state index in [1.54, 1.807) is 0 Å². The molecule has 0 aromatic rings. The predicted octanol–water partition coefficient (Wildman–Crippen LogP) is -0.388. The summed E-state index contributed by atoms with van der Waals surface area (Å²) < 4.78 is 0. The van der Waals surface area contributed by atoms with Crippen molar-refractivity contribution in [3.05, 3.63) is 0 Å². The second kappa shape index (κ2) is 6.15. The Labute approximate surface area is 108 Å². The van der Waals surface area contributed by atoms with Crippen LogP contribution in [0.4, 0.5) is 4.79 Å². The van der Waals surface area contributed by atoms with Gasteiger partial charge in [-0.05, 0) is 25.9 Å². The van der Waals surface area contributed by atoms with Crippen LogP contribution in [-0.4, -0.2) is 67.0 Å². The molecule has 2 aliphatic heterocycles. The molecule has 2 N–H and O–H groups in total. The highest BCUT2D eigenvalue weighted by atomic mass is 16.2. The molecular formula is C12H22N4O2. The molecule has 6 heteroatoms. The van der Waals surface area contributed by atoms with E-state index >= 15 is 0 Å². The SMILES string of the molecule is CCN(CCN1C(=O)CNC1=O)C1CCCNC1. The van der Waals surface area contributed by atoms with Crippen LogP contribution in [0.25, 0.3) is 0 Å². The summed E-state index contributed by atoms with van der Waals surface area (Å²) in [6, 6.07) is 0.280. The van der Waals surface area contributed by atoms with Crippen LogP contribution in [-0.2, 0) is 4.79 Å². The van der Waals surface area contributed by atoms with Crippen molar-refractivity contribution >= 4 is 11.9 Å². The number of amides is 3. The molecule has 102 valence electrons. The van der Waals surface area contributed by atoms with Crippen molar-refractivity contribution in [2.45, 2.75) is 25.8 Å². The molecule has 2 heterocycles. The first-order chi connectivity index (χ1) is 8.72. The van der Waals surface area contributed by atoms with Gasteiger partial charge in [0, 0.05) is 25.7 Å². The minimum Gasteiger partial charge on any atom is -0.329 e. The first-order valence-corrected chi connectivity index (χ1v) is 6.75. The van der Waals surface area contributed by atoms with Gasteiger partial charge in [0.15, 0.2) is 0 Å². The van der Waals surface area contributed by atoms with E-state index in [2.05, 4.69) is 22.5 Å². The Hall–Kier alpha value is -1.14. The number of piperidine rings is 1. The highest BCUT2D eigenvalue weighted by Crippen LogP contribution is 2.10. The number of hydrogen-bond donors (Lipinski definition) is 2. The maximum Gasteiger partial charge on any atom is 0.324 e. The van der Waals surface area contributed by atoms with Gasteiger partial charge in [0.1, 0.15) is 0 Å². The van der Waals surface area contributed by atoms with Gasteiger partial charge in [0.05, 0.1) is 6.54 Å². The predicted molar refractivity (Wildman–Crippen MR) is 68.3 cm³/mol. The molecule has 0 aliphatic carbocycles. The number of urea groups is 1. The number of nitrogens with one attached hydrogen (secondary N) is 2. The van der Waals surface area contributed by atoms with Crippen molar-refractivity contribution in [2.75, 3.05) is 39.3 Å². The molecule has 2 rings (SSSR count). The van der Waals surface area contributed by atoms with E-state index in [0.717, 1.165) is 26.2 Å². The minimum absolute atomic E-state index is 0.113. The summed E-state index contributed by atoms with van der Waals surface area (Å²) in [7, 11) is 0. The highest BCUT2D eigenvalue weighted by molar-refractivity contribution is 6.01. The summed E-state index contributed by atoms with van der Waals surface area (Å²) in [4.78, 5) is 26.6. The summed E-state index contributed by atoms with van der Waals surface area (Å²) in [6.45, 7) is 6.60. The van der Waals surface area contributed by atoms with Crippen LogP contribution in [0.15, 0.2) is 0 Å². The zero-order valence-electron chi connectivity index (χ0n) is 10.9. The molecular weight excluding hydrogens is 232 g/mol. The monoisotopic (exact) mass is 254 g/mol. The second-order valence-corrected chi connectivity index (χ2v) is 4.83. The first-order valence-electron chi connectivity index (χ1n) is 6.75. The molecule has 2 fully saturated rings. The molecule has 6 nitrogen and oxygen atoms in total. The van der Waals surface area contributed by atoms with Gasteiger partial charge in [-0.15, -0.1) is 0 Å². The van der Waals surface area contributed by atoms with E-state index in [9.17, 15) is 9.59 Å². The van der Waals surface area contributed by atoms with Crippen LogP contribution in [0.3, 0.4) is 0 Å². The fourth-order valence-electron chi connectivity index (χ4n) is 2.65. The van der Waals surface area contributed by atoms with Crippen LogP contribution in [0, 0.1) is 0 Å². The quantitative estimate of drug-likeness (QED) is 0.656. The van der Waals surface area contributed by atoms with Gasteiger partial charge in [-0.2, -0.15) is 0 Å². The van der Waals surface area contributed by atoms with Crippen molar-refractivity contribution in [1.29, 1.82) is 0 Å². The number of nitrogens with zero attached hydrogens (tertiary/aromatic N) is 2. The molecule has 18 heavy (non-hydrogen) atoms. The van der Waals surface area contributed by atoms with Crippen molar-refractivity contribution in [2.24, 2.45) is 0 Å². The van der Waals surface area contributed by atoms with Gasteiger partial charge in [-0.3, -0.25) is 14.6 Å². The van der Waals surface area contributed by atoms with Gasteiger partial charge in [0.2, 0.25) is 5.91 Å². The Kier molecular flexibility index (Phi) is 4.54. The molecule has 3 amide bonds. The first kappa shape index (κ1) is 13.3. The van der Waals surface area contributed by atoms with Gasteiger partial charge in [0.25, 0.3) is 0 Å². The number of hydrogen-bond acceptors (Lipinski definition) is 4. The smallest absolute Gasteiger partial charge is 0.324 e. The van der Waals surface area contributed by atoms with E-state index in [1.165, 1.54) is 17.7 Å². The molecule has 0 aromatic carbocycles. The molecule has 1 atom stereocenters. The maximum absolute atomic E-state index is 11.5. The fraction of sp³-hybridized carbons (Fsp3) is 0.833. The summed E-state index contributed by atoms with van der Waals surface area (Å²) in [5.74, 6) is -0.113. The van der Waals surface area contributed by atoms with Crippen molar-refractivity contribution in [3.8, 4) is 0 Å². The molecule has 0 radical (unpaired) electrons. The summed E-state index contributed by atoms with van der Waals surface area (Å²) in [5.41, 5.74) is 0. The third kappa shape index (κ3) is 3.00. The Morgan fingerprint density at radius 3 is 2.83 bits per heavy atom. The Morgan fingerprint density at radius 1 is 1.44 bits per heavy atom. The number of carbonyl (C=O) groups excluding carboxylic acids is 2. The Balaban J connectivity index is 1.82. The van der Waals surface area contributed by atoms with Gasteiger partial charge >= 0.3 is 6.03 Å². The van der Waals surface area contributed by atoms with E-state index in [1.807, 2.05) is 0 Å². The number of likely N-dealkylation sites (N-methyl/N-ethyl adjacent to an activating group) is 1. The maximum atomic E-state index is 11.5. The van der Waals surface area contributed by atoms with Gasteiger partial charge in [-0.25, -0.2) is 4.79 Å². The van der Waals surface area contributed by atoms with Gasteiger partial charge in [-0.1, -0.05) is 6.92 Å². The Morgan fingerprint density at radius 2 is 2.28 bits per heavy atom. The summed E-state index contributed by atoms with van der Waals surface area (Å²) in [5, 5.41) is 5.94. The fourth-order valence-corrected chi connectivity index (χ4v) is 2.65. The third-order valence-electron chi connectivity index (χ3n) is 3.74. The van der Waals surface area contributed by atoms with E-state index in [0.29, 0.717) is 12.6 Å². The highest BCUT2D eigenvalue weighted by Gasteiger charge is 2.29. The van der Waals surface area contributed by atoms with E-state index in [-0.39, 0.29) is 18.5 Å². The van der Waals surface area contributed by atoms with Crippen LogP contribution in [0.5, 0.6) is 0 Å². The average molecular weight is 254 g/mol. The lowest BCUT2D eigenvalue weighted by Gasteiger charge is -2.34. The van der Waals surface area contributed by atoms with E-state index < -0.39 is 0 Å².